The summed E-state index contributed by atoms with van der Waals surface area (Å²) >= 11 is 5.90. The van der Waals surface area contributed by atoms with Crippen LogP contribution in [0.25, 0.3) is 17.0 Å². The van der Waals surface area contributed by atoms with E-state index in [9.17, 15) is 13.8 Å². The Bertz CT molecular complexity index is 1220. The summed E-state index contributed by atoms with van der Waals surface area (Å²) < 4.78 is 28.3. The van der Waals surface area contributed by atoms with E-state index in [-0.39, 0.29) is 21.4 Å². The molecule has 3 aromatic rings. The fourth-order valence-corrected chi connectivity index (χ4v) is 5.35. The van der Waals surface area contributed by atoms with Crippen molar-refractivity contribution in [3.05, 3.63) is 63.6 Å². The highest BCUT2D eigenvalue weighted by Gasteiger charge is 2.26. The number of nitriles is 1. The number of nitrogens with two attached hydrogens (primary N) is 1. The van der Waals surface area contributed by atoms with Crippen LogP contribution in [-0.4, -0.2) is 10.9 Å². The molecule has 1 unspecified atom stereocenters. The molecule has 0 saturated heterocycles. The number of carbonyl (C=O) groups is 1. The number of primary amides is 1. The van der Waals surface area contributed by atoms with E-state index in [4.69, 9.17) is 22.6 Å². The maximum absolute atomic E-state index is 14.8. The van der Waals surface area contributed by atoms with Gasteiger partial charge in [-0.2, -0.15) is 5.26 Å². The molecule has 8 heteroatoms. The molecule has 1 heterocycles. The van der Waals surface area contributed by atoms with E-state index in [1.54, 1.807) is 19.1 Å². The van der Waals surface area contributed by atoms with Crippen LogP contribution in [0.1, 0.15) is 27.2 Å². The number of nitrogens with one attached hydrogen (secondary N) is 1. The molecular formula is C20H16ClFN3O2P. The van der Waals surface area contributed by atoms with E-state index < -0.39 is 19.5 Å². The van der Waals surface area contributed by atoms with E-state index >= 15 is 0 Å². The molecule has 1 atom stereocenters. The third-order valence-corrected chi connectivity index (χ3v) is 6.76. The molecule has 1 amide bonds. The normalized spacial score (nSPS) is 12.4. The molecule has 0 spiro atoms. The Morgan fingerprint density at radius 2 is 2.07 bits per heavy atom. The van der Waals surface area contributed by atoms with Gasteiger partial charge in [-0.05, 0) is 54.8 Å². The van der Waals surface area contributed by atoms with Crippen LogP contribution in [0.5, 0.6) is 0 Å². The number of hydrogen-bond acceptors (Lipinski definition) is 3. The number of amides is 1. The highest BCUT2D eigenvalue weighted by Crippen LogP contribution is 2.33. The number of hydrogen-bond donors (Lipinski definition) is 2. The second-order valence-electron chi connectivity index (χ2n) is 6.34. The van der Waals surface area contributed by atoms with Crippen LogP contribution in [0.4, 0.5) is 4.39 Å². The van der Waals surface area contributed by atoms with Gasteiger partial charge >= 0.3 is 0 Å². The molecule has 3 N–H and O–H groups in total. The van der Waals surface area contributed by atoms with E-state index in [1.165, 1.54) is 18.2 Å². The molecule has 0 fully saturated rings. The number of nitrogens with zero attached hydrogens (tertiary/aromatic N) is 1. The minimum absolute atomic E-state index is 0.000196. The molecule has 0 aliphatic carbocycles. The van der Waals surface area contributed by atoms with Gasteiger partial charge in [-0.25, -0.2) is 4.39 Å². The summed E-state index contributed by atoms with van der Waals surface area (Å²) in [6, 6.07) is 8.36. The van der Waals surface area contributed by atoms with Gasteiger partial charge in [0.15, 0.2) is 5.82 Å². The van der Waals surface area contributed by atoms with Crippen molar-refractivity contribution >= 4 is 52.9 Å². The van der Waals surface area contributed by atoms with Crippen LogP contribution in [-0.2, 0) is 4.57 Å². The minimum atomic E-state index is -2.84. The number of carbonyl (C=O) groups excluding carboxylic acids is 1. The Morgan fingerprint density at radius 3 is 2.71 bits per heavy atom. The van der Waals surface area contributed by atoms with Crippen molar-refractivity contribution in [2.24, 2.45) is 5.73 Å². The van der Waals surface area contributed by atoms with Gasteiger partial charge in [0.2, 0.25) is 0 Å². The van der Waals surface area contributed by atoms with Gasteiger partial charge in [0.25, 0.3) is 5.91 Å². The summed E-state index contributed by atoms with van der Waals surface area (Å²) in [6.45, 7) is 3.58. The predicted molar refractivity (Wildman–Crippen MR) is 111 cm³/mol. The van der Waals surface area contributed by atoms with Crippen molar-refractivity contribution in [2.45, 2.75) is 13.8 Å². The van der Waals surface area contributed by atoms with E-state index in [2.05, 4.69) is 4.98 Å². The zero-order chi connectivity index (χ0) is 20.6. The standard InChI is InChI=1S/C20H16ClFN3O2P/c1-10-8-12(4-3-7-23)11(2)15(9-10)28(27)19-16-14(25-18(19)20(24)26)6-5-13(21)17(16)22/h3-6,8-9,25,28H,1-2H3,(H2,24,26). The lowest BCUT2D eigenvalue weighted by molar-refractivity contribution is 0.0997. The summed E-state index contributed by atoms with van der Waals surface area (Å²) in [5, 5.41) is 9.13. The van der Waals surface area contributed by atoms with Gasteiger partial charge < -0.3 is 15.3 Å². The molecule has 1 aromatic heterocycles. The average molecular weight is 416 g/mol. The molecule has 0 radical (unpaired) electrons. The monoisotopic (exact) mass is 415 g/mol. The minimum Gasteiger partial charge on any atom is -0.364 e. The lowest BCUT2D eigenvalue weighted by Crippen LogP contribution is -2.22. The van der Waals surface area contributed by atoms with Crippen molar-refractivity contribution < 1.29 is 13.8 Å². The smallest absolute Gasteiger partial charge is 0.265 e. The van der Waals surface area contributed by atoms with Gasteiger partial charge in [0, 0.05) is 22.3 Å². The number of aromatic amines is 1. The molecule has 142 valence electrons. The predicted octanol–water partition coefficient (Wildman–Crippen LogP) is 3.72. The SMILES string of the molecule is Cc1cc(C=CC#N)c(C)c([PH](=O)c2c(C(N)=O)[nH]c3ccc(Cl)c(F)c23)c1. The summed E-state index contributed by atoms with van der Waals surface area (Å²) in [4.78, 5) is 14.7. The summed E-state index contributed by atoms with van der Waals surface area (Å²) in [5.74, 6) is -1.60. The molecule has 0 aliphatic rings. The zero-order valence-electron chi connectivity index (χ0n) is 15.1. The van der Waals surface area contributed by atoms with Crippen LogP contribution in [0, 0.1) is 31.0 Å². The maximum Gasteiger partial charge on any atom is 0.265 e. The topological polar surface area (TPSA) is 99.7 Å². The number of halogens is 2. The van der Waals surface area contributed by atoms with Crippen molar-refractivity contribution in [2.75, 3.05) is 0 Å². The maximum atomic E-state index is 14.8. The van der Waals surface area contributed by atoms with Crippen molar-refractivity contribution in [3.8, 4) is 6.07 Å². The Balaban J connectivity index is 2.34. The molecular weight excluding hydrogens is 400 g/mol. The van der Waals surface area contributed by atoms with Gasteiger partial charge in [-0.3, -0.25) is 4.79 Å². The van der Waals surface area contributed by atoms with Crippen LogP contribution in [0.2, 0.25) is 5.02 Å². The molecule has 2 aromatic carbocycles. The van der Waals surface area contributed by atoms with E-state index in [0.29, 0.717) is 21.9 Å². The first-order valence-electron chi connectivity index (χ1n) is 8.27. The number of aromatic nitrogens is 1. The van der Waals surface area contributed by atoms with E-state index in [1.807, 2.05) is 19.1 Å². The lowest BCUT2D eigenvalue weighted by atomic mass is 10.1. The average Bonchev–Trinajstić information content (AvgIpc) is 3.05. The largest absolute Gasteiger partial charge is 0.364 e. The molecule has 0 aliphatic heterocycles. The Morgan fingerprint density at radius 1 is 1.36 bits per heavy atom. The Kier molecular flexibility index (Phi) is 5.42. The highest BCUT2D eigenvalue weighted by molar-refractivity contribution is 7.62. The first-order chi connectivity index (χ1) is 13.3. The van der Waals surface area contributed by atoms with Crippen LogP contribution in [0.3, 0.4) is 0 Å². The number of benzene rings is 2. The number of allylic oxidation sites excluding steroid dienone is 1. The lowest BCUT2D eigenvalue weighted by Gasteiger charge is -2.12. The van der Waals surface area contributed by atoms with Gasteiger partial charge in [0.1, 0.15) is 13.5 Å². The quantitative estimate of drug-likeness (QED) is 0.501. The van der Waals surface area contributed by atoms with Crippen LogP contribution >= 0.6 is 19.4 Å². The van der Waals surface area contributed by atoms with Gasteiger partial charge in [0.05, 0.1) is 16.4 Å². The van der Waals surface area contributed by atoms with E-state index in [0.717, 1.165) is 5.56 Å². The molecule has 3 rings (SSSR count). The molecule has 0 bridgehead atoms. The number of fused-ring (bicyclic) bond motifs is 1. The van der Waals surface area contributed by atoms with Gasteiger partial charge in [-0.1, -0.05) is 17.7 Å². The van der Waals surface area contributed by atoms with Crippen LogP contribution < -0.4 is 16.3 Å². The summed E-state index contributed by atoms with van der Waals surface area (Å²) in [6.07, 6.45) is 2.94. The van der Waals surface area contributed by atoms with Crippen molar-refractivity contribution in [3.63, 3.8) is 0 Å². The zero-order valence-corrected chi connectivity index (χ0v) is 16.8. The van der Waals surface area contributed by atoms with Crippen molar-refractivity contribution in [1.82, 2.24) is 4.98 Å². The molecule has 28 heavy (non-hydrogen) atoms. The first-order valence-corrected chi connectivity index (χ1v) is 10.1. The van der Waals surface area contributed by atoms with Gasteiger partial charge in [-0.15, -0.1) is 0 Å². The Hall–Kier alpha value is -2.87. The number of rotatable bonds is 4. The summed E-state index contributed by atoms with van der Waals surface area (Å²) in [7, 11) is -2.84. The Labute approximate surface area is 166 Å². The third-order valence-electron chi connectivity index (χ3n) is 4.50. The second kappa shape index (κ2) is 7.63. The second-order valence-corrected chi connectivity index (χ2v) is 8.45. The van der Waals surface area contributed by atoms with Crippen molar-refractivity contribution in [1.29, 1.82) is 5.26 Å². The molecule has 5 nitrogen and oxygen atoms in total. The number of aryl methyl sites for hydroxylation is 1. The fourth-order valence-electron chi connectivity index (χ4n) is 3.19. The highest BCUT2D eigenvalue weighted by atomic mass is 35.5. The summed E-state index contributed by atoms with van der Waals surface area (Å²) in [5.41, 5.74) is 7.85. The third kappa shape index (κ3) is 3.35. The fraction of sp³-hybridized carbons (Fsp3) is 0.100. The first kappa shape index (κ1) is 19.9. The number of H-pyrrole nitrogens is 1. The van der Waals surface area contributed by atoms with Crippen LogP contribution in [0.15, 0.2) is 30.3 Å². The molecule has 0 saturated carbocycles.